The molecule has 0 saturated carbocycles. The number of nitrogens with one attached hydrogen (secondary N) is 1. The molecule has 1 N–H and O–H groups in total. The maximum atomic E-state index is 13.2. The molecule has 30 heavy (non-hydrogen) atoms. The number of furan rings is 1. The highest BCUT2D eigenvalue weighted by atomic mass is 16.3. The summed E-state index contributed by atoms with van der Waals surface area (Å²) in [5.41, 5.74) is 3.45. The van der Waals surface area contributed by atoms with Crippen molar-refractivity contribution in [1.82, 2.24) is 4.90 Å². The molecule has 2 amide bonds. The number of carbonyl (C=O) groups is 2. The molecule has 152 valence electrons. The Kier molecular flexibility index (Phi) is 6.66. The lowest BCUT2D eigenvalue weighted by atomic mass is 10.1. The molecule has 0 aliphatic rings. The predicted molar refractivity (Wildman–Crippen MR) is 114 cm³/mol. The van der Waals surface area contributed by atoms with Crippen LogP contribution < -0.4 is 5.32 Å². The van der Waals surface area contributed by atoms with Gasteiger partial charge in [-0.05, 0) is 60.9 Å². The zero-order valence-corrected chi connectivity index (χ0v) is 17.0. The van der Waals surface area contributed by atoms with Crippen LogP contribution in [0.4, 0.5) is 5.69 Å². The molecule has 3 rings (SSSR count). The molecule has 0 saturated heterocycles. The number of anilines is 1. The van der Waals surface area contributed by atoms with Crippen LogP contribution in [0.5, 0.6) is 0 Å². The number of nitrogens with zero attached hydrogens (tertiary/aromatic N) is 2. The summed E-state index contributed by atoms with van der Waals surface area (Å²) in [5, 5.41) is 11.8. The van der Waals surface area contributed by atoms with E-state index in [0.717, 1.165) is 17.5 Å². The van der Waals surface area contributed by atoms with E-state index >= 15 is 0 Å². The Hall–Kier alpha value is -3.85. The van der Waals surface area contributed by atoms with Crippen molar-refractivity contribution < 1.29 is 14.0 Å². The SMILES string of the molecule is CCCN(Cc1ccc(C#N)cc1)C(=O)c1ccc(C)c(NC(=O)c2ccco2)c1. The average molecular weight is 401 g/mol. The smallest absolute Gasteiger partial charge is 0.291 e. The fraction of sp³-hybridized carbons (Fsp3) is 0.208. The van der Waals surface area contributed by atoms with Crippen LogP contribution >= 0.6 is 0 Å². The van der Waals surface area contributed by atoms with Crippen LogP contribution in [-0.2, 0) is 6.54 Å². The van der Waals surface area contributed by atoms with Crippen molar-refractivity contribution in [2.45, 2.75) is 26.8 Å². The Morgan fingerprint density at radius 3 is 2.53 bits per heavy atom. The maximum Gasteiger partial charge on any atom is 0.291 e. The van der Waals surface area contributed by atoms with E-state index in [1.165, 1.54) is 6.26 Å². The summed E-state index contributed by atoms with van der Waals surface area (Å²) in [6.07, 6.45) is 2.25. The Labute approximate surface area is 175 Å². The summed E-state index contributed by atoms with van der Waals surface area (Å²) in [4.78, 5) is 27.3. The molecule has 1 heterocycles. The zero-order chi connectivity index (χ0) is 21.5. The number of hydrogen-bond acceptors (Lipinski definition) is 4. The lowest BCUT2D eigenvalue weighted by Gasteiger charge is -2.23. The van der Waals surface area contributed by atoms with Gasteiger partial charge in [0.15, 0.2) is 5.76 Å². The van der Waals surface area contributed by atoms with Crippen molar-refractivity contribution in [3.8, 4) is 6.07 Å². The van der Waals surface area contributed by atoms with Gasteiger partial charge in [-0.2, -0.15) is 5.26 Å². The third-order valence-corrected chi connectivity index (χ3v) is 4.71. The average Bonchev–Trinajstić information content (AvgIpc) is 3.30. The second kappa shape index (κ2) is 9.57. The van der Waals surface area contributed by atoms with E-state index in [2.05, 4.69) is 11.4 Å². The second-order valence-corrected chi connectivity index (χ2v) is 7.00. The molecular weight excluding hydrogens is 378 g/mol. The highest BCUT2D eigenvalue weighted by molar-refractivity contribution is 6.03. The molecule has 2 aromatic carbocycles. The monoisotopic (exact) mass is 401 g/mol. The van der Waals surface area contributed by atoms with E-state index in [1.54, 1.807) is 41.3 Å². The molecular formula is C24H23N3O3. The van der Waals surface area contributed by atoms with Crippen molar-refractivity contribution in [2.24, 2.45) is 0 Å². The molecule has 3 aromatic rings. The summed E-state index contributed by atoms with van der Waals surface area (Å²) in [5.74, 6) is -0.273. The Balaban J connectivity index is 1.80. The van der Waals surface area contributed by atoms with Crippen LogP contribution in [0.2, 0.25) is 0 Å². The molecule has 0 radical (unpaired) electrons. The number of benzene rings is 2. The lowest BCUT2D eigenvalue weighted by molar-refractivity contribution is 0.0743. The van der Waals surface area contributed by atoms with Crippen LogP contribution in [0.25, 0.3) is 0 Å². The van der Waals surface area contributed by atoms with Gasteiger partial charge in [-0.25, -0.2) is 0 Å². The molecule has 0 spiro atoms. The van der Waals surface area contributed by atoms with E-state index in [4.69, 9.17) is 9.68 Å². The molecule has 6 heteroatoms. The quantitative estimate of drug-likeness (QED) is 0.618. The number of hydrogen-bond donors (Lipinski definition) is 1. The van der Waals surface area contributed by atoms with Crippen molar-refractivity contribution >= 4 is 17.5 Å². The van der Waals surface area contributed by atoms with E-state index < -0.39 is 0 Å². The fourth-order valence-corrected chi connectivity index (χ4v) is 3.09. The number of nitriles is 1. The molecule has 0 aliphatic heterocycles. The first kappa shape index (κ1) is 20.9. The van der Waals surface area contributed by atoms with Crippen LogP contribution in [0.15, 0.2) is 65.3 Å². The second-order valence-electron chi connectivity index (χ2n) is 7.00. The fourth-order valence-electron chi connectivity index (χ4n) is 3.09. The van der Waals surface area contributed by atoms with Gasteiger partial charge in [-0.1, -0.05) is 25.1 Å². The Morgan fingerprint density at radius 2 is 1.90 bits per heavy atom. The summed E-state index contributed by atoms with van der Waals surface area (Å²) in [6.45, 7) is 4.93. The van der Waals surface area contributed by atoms with Crippen LogP contribution in [0.3, 0.4) is 0 Å². The van der Waals surface area contributed by atoms with Crippen molar-refractivity contribution in [3.63, 3.8) is 0 Å². The van der Waals surface area contributed by atoms with Gasteiger partial charge in [0, 0.05) is 24.3 Å². The third kappa shape index (κ3) is 4.95. The van der Waals surface area contributed by atoms with Gasteiger partial charge in [0.25, 0.3) is 11.8 Å². The normalized spacial score (nSPS) is 10.3. The van der Waals surface area contributed by atoms with E-state index in [1.807, 2.05) is 32.0 Å². The third-order valence-electron chi connectivity index (χ3n) is 4.71. The molecule has 0 atom stereocenters. The van der Waals surface area contributed by atoms with Gasteiger partial charge >= 0.3 is 0 Å². The van der Waals surface area contributed by atoms with Crippen molar-refractivity contribution in [2.75, 3.05) is 11.9 Å². The topological polar surface area (TPSA) is 86.3 Å². The van der Waals surface area contributed by atoms with Crippen LogP contribution in [-0.4, -0.2) is 23.3 Å². The summed E-state index contributed by atoms with van der Waals surface area (Å²) in [6, 6.07) is 17.8. The van der Waals surface area contributed by atoms with Gasteiger partial charge in [0.1, 0.15) is 0 Å². The first-order chi connectivity index (χ1) is 14.5. The minimum absolute atomic E-state index is 0.116. The Bertz CT molecular complexity index is 1060. The molecule has 6 nitrogen and oxygen atoms in total. The number of aryl methyl sites for hydroxylation is 1. The minimum atomic E-state index is -0.365. The number of rotatable bonds is 7. The largest absolute Gasteiger partial charge is 0.459 e. The maximum absolute atomic E-state index is 13.2. The molecule has 0 aliphatic carbocycles. The molecule has 0 fully saturated rings. The van der Waals surface area contributed by atoms with Crippen LogP contribution in [0.1, 0.15) is 50.9 Å². The highest BCUT2D eigenvalue weighted by Gasteiger charge is 2.18. The van der Waals surface area contributed by atoms with Crippen LogP contribution in [0, 0.1) is 18.3 Å². The van der Waals surface area contributed by atoms with Gasteiger partial charge in [0.2, 0.25) is 0 Å². The first-order valence-electron chi connectivity index (χ1n) is 9.75. The molecule has 0 unspecified atom stereocenters. The highest BCUT2D eigenvalue weighted by Crippen LogP contribution is 2.20. The molecule has 0 bridgehead atoms. The standard InChI is InChI=1S/C24H23N3O3/c1-3-12-27(16-19-9-7-18(15-25)8-10-19)24(29)20-11-6-17(2)21(14-20)26-23(28)22-5-4-13-30-22/h4-11,13-14H,3,12,16H2,1-2H3,(H,26,28). The van der Waals surface area contributed by atoms with E-state index in [0.29, 0.717) is 29.9 Å². The predicted octanol–water partition coefficient (Wildman–Crippen LogP) is 4.76. The zero-order valence-electron chi connectivity index (χ0n) is 17.0. The number of amides is 2. The molecule has 1 aromatic heterocycles. The summed E-state index contributed by atoms with van der Waals surface area (Å²) >= 11 is 0. The van der Waals surface area contributed by atoms with Crippen molar-refractivity contribution in [1.29, 1.82) is 5.26 Å². The van der Waals surface area contributed by atoms with E-state index in [9.17, 15) is 9.59 Å². The van der Waals surface area contributed by atoms with E-state index in [-0.39, 0.29) is 17.6 Å². The van der Waals surface area contributed by atoms with Gasteiger partial charge in [-0.15, -0.1) is 0 Å². The van der Waals surface area contributed by atoms with Gasteiger partial charge in [0.05, 0.1) is 17.9 Å². The first-order valence-corrected chi connectivity index (χ1v) is 9.75. The van der Waals surface area contributed by atoms with Gasteiger partial charge < -0.3 is 14.6 Å². The lowest BCUT2D eigenvalue weighted by Crippen LogP contribution is -2.31. The minimum Gasteiger partial charge on any atom is -0.459 e. The van der Waals surface area contributed by atoms with Gasteiger partial charge in [-0.3, -0.25) is 9.59 Å². The Morgan fingerprint density at radius 1 is 1.13 bits per heavy atom. The summed E-state index contributed by atoms with van der Waals surface area (Å²) < 4.78 is 5.13. The number of carbonyl (C=O) groups excluding carboxylic acids is 2. The summed E-state index contributed by atoms with van der Waals surface area (Å²) in [7, 11) is 0. The van der Waals surface area contributed by atoms with Crippen molar-refractivity contribution in [3.05, 3.63) is 88.9 Å².